The minimum absolute atomic E-state index is 0.560. The second-order valence-corrected chi connectivity index (χ2v) is 32.4. The van der Waals surface area contributed by atoms with Gasteiger partial charge in [-0.05, 0) is 235 Å². The number of pyridine rings is 9. The Labute approximate surface area is 753 Å². The Morgan fingerprint density at radius 2 is 0.618 bits per heavy atom. The molecule has 0 N–H and O–H groups in total. The van der Waals surface area contributed by atoms with Gasteiger partial charge in [0.2, 0.25) is 0 Å². The Kier molecular flexibility index (Phi) is 20.0. The van der Waals surface area contributed by atoms with Crippen LogP contribution in [0.15, 0.2) is 456 Å². The third-order valence-electron chi connectivity index (χ3n) is 24.5. The minimum Gasteiger partial charge on any atom is -0.309 e. The van der Waals surface area contributed by atoms with E-state index in [-0.39, 0.29) is 0 Å². The first-order chi connectivity index (χ1) is 64.9. The fourth-order valence-electron chi connectivity index (χ4n) is 18.4. The summed E-state index contributed by atoms with van der Waals surface area (Å²) in [6.07, 6.45) is 14.9. The maximum atomic E-state index is 10.1. The fraction of sp³-hybridized carbons (Fsp3) is 0. The summed E-state index contributed by atoms with van der Waals surface area (Å²) in [5.74, 6) is 0. The van der Waals surface area contributed by atoms with E-state index in [1.54, 1.807) is 12.4 Å². The van der Waals surface area contributed by atoms with Crippen LogP contribution in [0.3, 0.4) is 0 Å². The van der Waals surface area contributed by atoms with Crippen molar-refractivity contribution in [3.8, 4) is 136 Å². The standard InChI is InChI=1S/C47H30N4.C38H23N5.C33H22N4/c1-2-11-31(12-3-1)35-22-25-42(49-30-35)44-29-36(46-38-15-6-4-13-33(38)27-34-14-5-7-16-39(34)46)28-43(50-44)32-20-23-37(24-21-32)51-45-19-9-8-17-40(45)41-18-10-26-48-47(41)51;39-23-25-17-30(20-31(18-25)43-37-11-4-3-9-32(37)33-24-40-16-14-38(33)43)35-21-29(22-36(42-35)34-10-5-6-15-41-34)28-13-12-26-7-1-2-8-27(26)19-28;1-2-8-24(9-3-1)30-20-25(21-31(36-30)29-11-6-7-18-35-29)23-13-15-26(16-14-23)37-32-12-5-4-10-27(32)28-22-34-19-17-33(28)37/h1-30H;1-22,24H;1-22H. The highest BCUT2D eigenvalue weighted by Crippen LogP contribution is 2.43. The summed E-state index contributed by atoms with van der Waals surface area (Å²) in [5.41, 5.74) is 29.5. The smallest absolute Gasteiger partial charge is 0.145 e. The Hall–Kier alpha value is -18.1. The highest BCUT2D eigenvalue weighted by molar-refractivity contribution is 6.14. The van der Waals surface area contributed by atoms with Gasteiger partial charge >= 0.3 is 0 Å². The number of hydrogen-bond donors (Lipinski definition) is 0. The number of nitriles is 1. The van der Waals surface area contributed by atoms with E-state index in [9.17, 15) is 5.26 Å². The third kappa shape index (κ3) is 14.8. The van der Waals surface area contributed by atoms with Crippen molar-refractivity contribution in [2.24, 2.45) is 0 Å². The summed E-state index contributed by atoms with van der Waals surface area (Å²) in [4.78, 5) is 43.0. The molecule has 0 saturated carbocycles. The molecule has 13 heteroatoms. The lowest BCUT2D eigenvalue weighted by atomic mass is 9.91. The number of hydrogen-bond acceptors (Lipinski definition) is 10. The van der Waals surface area contributed by atoms with Crippen LogP contribution in [0.5, 0.6) is 0 Å². The van der Waals surface area contributed by atoms with Gasteiger partial charge in [-0.1, -0.05) is 243 Å². The molecule has 0 aliphatic carbocycles. The Morgan fingerprint density at radius 3 is 1.20 bits per heavy atom. The van der Waals surface area contributed by atoms with Crippen LogP contribution in [0.25, 0.3) is 227 Å². The SMILES string of the molecule is N#Cc1cc(-c2cc(-c3ccc4ccccc4c3)cc(-c3ccccn3)n2)cc(-n2c3ccccc3c3cnccc32)c1.c1ccc(-c2cc(-c3ccc(-n4c5ccccc5c5cnccc54)cc3)cc(-c3ccccn3)n2)cc1.c1ccc(-c2ccc(-c3cc(-c4c5ccccc5cc5ccccc45)cc(-c4ccc(-n5c6ccccc6c6cccnc65)cc4)n3)nc2)cc1. The summed E-state index contributed by atoms with van der Waals surface area (Å²) in [7, 11) is 0. The van der Waals surface area contributed by atoms with Crippen molar-refractivity contribution in [2.45, 2.75) is 0 Å². The molecule has 131 heavy (non-hydrogen) atoms. The lowest BCUT2D eigenvalue weighted by molar-refractivity contribution is 1.13. The van der Waals surface area contributed by atoms with Crippen LogP contribution in [-0.4, -0.2) is 58.6 Å². The van der Waals surface area contributed by atoms with E-state index in [0.717, 1.165) is 173 Å². The summed E-state index contributed by atoms with van der Waals surface area (Å²) in [6, 6.07) is 143. The number of rotatable bonds is 13. The Balaban J connectivity index is 0.000000113. The van der Waals surface area contributed by atoms with Crippen molar-refractivity contribution < 1.29 is 0 Å². The predicted octanol–water partition coefficient (Wildman–Crippen LogP) is 28.9. The largest absolute Gasteiger partial charge is 0.309 e. The molecule has 612 valence electrons. The average Bonchev–Trinajstić information content (AvgIpc) is 1.43. The molecule has 12 heterocycles. The highest BCUT2D eigenvalue weighted by Gasteiger charge is 2.22. The van der Waals surface area contributed by atoms with Crippen molar-refractivity contribution in [2.75, 3.05) is 0 Å². The minimum atomic E-state index is 0.560. The zero-order valence-electron chi connectivity index (χ0n) is 70.6. The Morgan fingerprint density at radius 1 is 0.198 bits per heavy atom. The maximum Gasteiger partial charge on any atom is 0.145 e. The molecule has 13 aromatic carbocycles. The molecule has 25 aromatic rings. The van der Waals surface area contributed by atoms with Gasteiger partial charge in [-0.25, -0.2) is 19.9 Å². The van der Waals surface area contributed by atoms with E-state index in [1.165, 1.54) is 54.2 Å². The van der Waals surface area contributed by atoms with Crippen LogP contribution in [-0.2, 0) is 0 Å². The average molecular weight is 1670 g/mol. The normalized spacial score (nSPS) is 11.4. The van der Waals surface area contributed by atoms with Gasteiger partial charge in [-0.3, -0.25) is 29.5 Å². The number of para-hydroxylation sites is 3. The molecule has 0 aliphatic rings. The van der Waals surface area contributed by atoms with Crippen molar-refractivity contribution in [1.82, 2.24) is 58.6 Å². The van der Waals surface area contributed by atoms with Crippen LogP contribution in [0, 0.1) is 11.3 Å². The third-order valence-corrected chi connectivity index (χ3v) is 24.5. The molecular weight excluding hydrogens is 1600 g/mol. The summed E-state index contributed by atoms with van der Waals surface area (Å²) in [5, 5.41) is 24.2. The second kappa shape index (κ2) is 33.7. The molecule has 0 unspecified atom stereocenters. The van der Waals surface area contributed by atoms with Gasteiger partial charge in [-0.2, -0.15) is 5.26 Å². The molecule has 0 bridgehead atoms. The van der Waals surface area contributed by atoms with Gasteiger partial charge in [0.25, 0.3) is 0 Å². The van der Waals surface area contributed by atoms with Crippen LogP contribution >= 0.6 is 0 Å². The lowest BCUT2D eigenvalue weighted by Crippen LogP contribution is -1.98. The van der Waals surface area contributed by atoms with Crippen LogP contribution in [0.1, 0.15) is 5.56 Å². The number of fused-ring (bicyclic) bond motifs is 12. The van der Waals surface area contributed by atoms with E-state index in [2.05, 4.69) is 349 Å². The molecule has 0 fully saturated rings. The monoisotopic (exact) mass is 1670 g/mol. The number of aromatic nitrogens is 12. The molecule has 0 saturated heterocycles. The van der Waals surface area contributed by atoms with Crippen LogP contribution in [0.2, 0.25) is 0 Å². The van der Waals surface area contributed by atoms with E-state index < -0.39 is 0 Å². The van der Waals surface area contributed by atoms with Gasteiger partial charge in [0.05, 0.1) is 90.5 Å². The van der Waals surface area contributed by atoms with Crippen molar-refractivity contribution in [3.05, 3.63) is 462 Å². The van der Waals surface area contributed by atoms with Crippen molar-refractivity contribution >= 4 is 97.9 Å². The van der Waals surface area contributed by atoms with Crippen LogP contribution in [0.4, 0.5) is 0 Å². The quantitative estimate of drug-likeness (QED) is 0.102. The number of benzene rings is 13. The highest BCUT2D eigenvalue weighted by atomic mass is 15.0. The van der Waals surface area contributed by atoms with Gasteiger partial charge in [-0.15, -0.1) is 0 Å². The van der Waals surface area contributed by atoms with E-state index >= 15 is 0 Å². The van der Waals surface area contributed by atoms with Gasteiger partial charge in [0.15, 0.2) is 0 Å². The van der Waals surface area contributed by atoms with Crippen molar-refractivity contribution in [1.29, 1.82) is 5.26 Å². The van der Waals surface area contributed by atoms with Crippen molar-refractivity contribution in [3.63, 3.8) is 0 Å². The molecule has 0 atom stereocenters. The summed E-state index contributed by atoms with van der Waals surface area (Å²) < 4.78 is 6.74. The Bertz CT molecular complexity index is 8440. The molecular formula is C118H75N13. The summed E-state index contributed by atoms with van der Waals surface area (Å²) >= 11 is 0. The maximum absolute atomic E-state index is 10.1. The summed E-state index contributed by atoms with van der Waals surface area (Å²) in [6.45, 7) is 0. The molecule has 0 aliphatic heterocycles. The molecule has 0 spiro atoms. The fourth-order valence-corrected chi connectivity index (χ4v) is 18.4. The lowest BCUT2D eigenvalue weighted by Gasteiger charge is -2.15. The molecule has 13 nitrogen and oxygen atoms in total. The van der Waals surface area contributed by atoms with Gasteiger partial charge < -0.3 is 9.13 Å². The first kappa shape index (κ1) is 77.7. The topological polar surface area (TPSA) is 155 Å². The zero-order chi connectivity index (χ0) is 87.1. The van der Waals surface area contributed by atoms with Crippen LogP contribution < -0.4 is 0 Å². The van der Waals surface area contributed by atoms with Gasteiger partial charge in [0, 0.05) is 121 Å². The first-order valence-corrected chi connectivity index (χ1v) is 43.5. The predicted molar refractivity (Wildman–Crippen MR) is 534 cm³/mol. The second-order valence-electron chi connectivity index (χ2n) is 32.4. The number of nitrogens with zero attached hydrogens (tertiary/aromatic N) is 13. The molecule has 25 rings (SSSR count). The molecule has 12 aromatic heterocycles. The first-order valence-electron chi connectivity index (χ1n) is 43.5. The molecule has 0 amide bonds. The molecule has 0 radical (unpaired) electrons. The zero-order valence-corrected chi connectivity index (χ0v) is 70.6. The van der Waals surface area contributed by atoms with E-state index in [4.69, 9.17) is 24.9 Å². The van der Waals surface area contributed by atoms with E-state index in [1.807, 2.05) is 134 Å². The van der Waals surface area contributed by atoms with E-state index in [0.29, 0.717) is 5.56 Å². The van der Waals surface area contributed by atoms with Gasteiger partial charge in [0.1, 0.15) is 5.65 Å².